The van der Waals surface area contributed by atoms with Gasteiger partial charge < -0.3 is 4.42 Å². The normalized spacial score (nSPS) is 12.4. The van der Waals surface area contributed by atoms with Gasteiger partial charge in [0.1, 0.15) is 5.76 Å². The number of benzene rings is 1. The molecule has 0 fully saturated rings. The maximum absolute atomic E-state index is 12.5. The Balaban J connectivity index is 2.67. The van der Waals surface area contributed by atoms with Crippen molar-refractivity contribution in [2.24, 2.45) is 0 Å². The Labute approximate surface area is 131 Å². The third kappa shape index (κ3) is 3.27. The summed E-state index contributed by atoms with van der Waals surface area (Å²) >= 11 is 3.33. The van der Waals surface area contributed by atoms with Crippen molar-refractivity contribution in [3.8, 4) is 11.3 Å². The standard InChI is InChI=1S/C15H15BrO4S/c1-15(2,3)21(18,19)12-8-13(20-14(17)9-12)10-5-4-6-11(16)7-10/h4-9H,1-3H3. The van der Waals surface area contributed by atoms with E-state index in [4.69, 9.17) is 4.42 Å². The minimum absolute atomic E-state index is 0.0266. The molecule has 0 spiro atoms. The topological polar surface area (TPSA) is 64.3 Å². The highest BCUT2D eigenvalue weighted by molar-refractivity contribution is 9.10. The molecule has 6 heteroatoms. The third-order valence-electron chi connectivity index (χ3n) is 2.97. The predicted molar refractivity (Wildman–Crippen MR) is 85.1 cm³/mol. The summed E-state index contributed by atoms with van der Waals surface area (Å²) in [4.78, 5) is 11.7. The molecular weight excluding hydrogens is 356 g/mol. The van der Waals surface area contributed by atoms with Crippen LogP contribution in [0.1, 0.15) is 20.8 Å². The van der Waals surface area contributed by atoms with Crippen molar-refractivity contribution >= 4 is 25.8 Å². The van der Waals surface area contributed by atoms with E-state index in [0.29, 0.717) is 5.56 Å². The van der Waals surface area contributed by atoms with Gasteiger partial charge >= 0.3 is 5.63 Å². The van der Waals surface area contributed by atoms with Gasteiger partial charge in [-0.05, 0) is 32.9 Å². The fourth-order valence-corrected chi connectivity index (χ4v) is 3.37. The molecule has 0 amide bonds. The lowest BCUT2D eigenvalue weighted by molar-refractivity contribution is 0.515. The Morgan fingerprint density at radius 2 is 1.76 bits per heavy atom. The van der Waals surface area contributed by atoms with Crippen LogP contribution < -0.4 is 5.63 Å². The van der Waals surface area contributed by atoms with Crippen molar-refractivity contribution in [3.63, 3.8) is 0 Å². The molecule has 0 aliphatic rings. The molecule has 0 radical (unpaired) electrons. The van der Waals surface area contributed by atoms with Gasteiger partial charge in [-0.15, -0.1) is 0 Å². The van der Waals surface area contributed by atoms with E-state index in [1.54, 1.807) is 39.0 Å². The fraction of sp³-hybridized carbons (Fsp3) is 0.267. The smallest absolute Gasteiger partial charge is 0.337 e. The van der Waals surface area contributed by atoms with Crippen LogP contribution in [0.15, 0.2) is 55.0 Å². The molecule has 2 rings (SSSR count). The van der Waals surface area contributed by atoms with Crippen molar-refractivity contribution in [2.45, 2.75) is 30.4 Å². The summed E-state index contributed by atoms with van der Waals surface area (Å²) in [5, 5.41) is 0. The lowest BCUT2D eigenvalue weighted by atomic mass is 10.2. The summed E-state index contributed by atoms with van der Waals surface area (Å²) in [6, 6.07) is 9.52. The first-order valence-electron chi connectivity index (χ1n) is 6.27. The van der Waals surface area contributed by atoms with E-state index in [2.05, 4.69) is 15.9 Å². The Morgan fingerprint density at radius 1 is 1.10 bits per heavy atom. The lowest BCUT2D eigenvalue weighted by Gasteiger charge is -2.19. The van der Waals surface area contributed by atoms with Gasteiger partial charge in [0.2, 0.25) is 0 Å². The van der Waals surface area contributed by atoms with Gasteiger partial charge in [-0.2, -0.15) is 0 Å². The minimum Gasteiger partial charge on any atom is -0.423 e. The molecule has 112 valence electrons. The second-order valence-electron chi connectivity index (χ2n) is 5.60. The monoisotopic (exact) mass is 370 g/mol. The van der Waals surface area contributed by atoms with E-state index in [9.17, 15) is 13.2 Å². The van der Waals surface area contributed by atoms with Crippen molar-refractivity contribution in [3.05, 3.63) is 51.3 Å². The summed E-state index contributed by atoms with van der Waals surface area (Å²) < 4.78 is 29.9. The highest BCUT2D eigenvalue weighted by atomic mass is 79.9. The molecule has 0 atom stereocenters. The highest BCUT2D eigenvalue weighted by Gasteiger charge is 2.31. The largest absolute Gasteiger partial charge is 0.423 e. The van der Waals surface area contributed by atoms with Crippen molar-refractivity contribution < 1.29 is 12.8 Å². The van der Waals surface area contributed by atoms with Crippen LogP contribution in [0.4, 0.5) is 0 Å². The summed E-state index contributed by atoms with van der Waals surface area (Å²) in [5.74, 6) is 0.228. The van der Waals surface area contributed by atoms with Crippen LogP contribution in [-0.2, 0) is 9.84 Å². The molecule has 0 aliphatic heterocycles. The number of hydrogen-bond acceptors (Lipinski definition) is 4. The zero-order valence-corrected chi connectivity index (χ0v) is 14.3. The van der Waals surface area contributed by atoms with Gasteiger partial charge in [0.15, 0.2) is 9.84 Å². The minimum atomic E-state index is -3.61. The number of sulfone groups is 1. The maximum Gasteiger partial charge on any atom is 0.337 e. The predicted octanol–water partition coefficient (Wildman–Crippen LogP) is 3.64. The average molecular weight is 371 g/mol. The van der Waals surface area contributed by atoms with E-state index < -0.39 is 20.2 Å². The molecule has 2 aromatic rings. The molecule has 4 nitrogen and oxygen atoms in total. The fourth-order valence-electron chi connectivity index (χ4n) is 1.75. The maximum atomic E-state index is 12.5. The van der Waals surface area contributed by atoms with Crippen molar-refractivity contribution in [1.82, 2.24) is 0 Å². The lowest BCUT2D eigenvalue weighted by Crippen LogP contribution is -2.28. The van der Waals surface area contributed by atoms with E-state index in [-0.39, 0.29) is 10.7 Å². The molecule has 0 saturated carbocycles. The third-order valence-corrected chi connectivity index (χ3v) is 5.93. The molecule has 0 N–H and O–H groups in total. The van der Waals surface area contributed by atoms with E-state index in [0.717, 1.165) is 10.5 Å². The summed E-state index contributed by atoms with van der Waals surface area (Å²) in [6.07, 6.45) is 0. The van der Waals surface area contributed by atoms with E-state index >= 15 is 0 Å². The average Bonchev–Trinajstić information content (AvgIpc) is 2.36. The van der Waals surface area contributed by atoms with Gasteiger partial charge in [-0.1, -0.05) is 28.1 Å². The van der Waals surface area contributed by atoms with Gasteiger partial charge in [-0.25, -0.2) is 13.2 Å². The first-order valence-corrected chi connectivity index (χ1v) is 8.55. The molecule has 21 heavy (non-hydrogen) atoms. The number of halogens is 1. The van der Waals surface area contributed by atoms with Gasteiger partial charge in [-0.3, -0.25) is 0 Å². The molecule has 1 aromatic carbocycles. The van der Waals surface area contributed by atoms with Gasteiger partial charge in [0.05, 0.1) is 9.64 Å². The zero-order chi connectivity index (χ0) is 15.8. The SMILES string of the molecule is CC(C)(C)S(=O)(=O)c1cc(-c2cccc(Br)c2)oc(=O)c1. The van der Waals surface area contributed by atoms with Gasteiger partial charge in [0.25, 0.3) is 0 Å². The Morgan fingerprint density at radius 3 is 2.33 bits per heavy atom. The van der Waals surface area contributed by atoms with Crippen LogP contribution in [0.25, 0.3) is 11.3 Å². The molecule has 0 aliphatic carbocycles. The molecular formula is C15H15BrO4S. The number of rotatable bonds is 2. The summed E-state index contributed by atoms with van der Waals surface area (Å²) in [6.45, 7) is 4.78. The van der Waals surface area contributed by atoms with Crippen LogP contribution in [0.2, 0.25) is 0 Å². The second kappa shape index (κ2) is 5.42. The van der Waals surface area contributed by atoms with Crippen LogP contribution >= 0.6 is 15.9 Å². The van der Waals surface area contributed by atoms with E-state index in [1.165, 1.54) is 6.07 Å². The first-order chi connectivity index (χ1) is 9.61. The molecule has 1 aromatic heterocycles. The van der Waals surface area contributed by atoms with Crippen molar-refractivity contribution in [1.29, 1.82) is 0 Å². The molecule has 1 heterocycles. The van der Waals surface area contributed by atoms with Gasteiger partial charge in [0, 0.05) is 22.2 Å². The van der Waals surface area contributed by atoms with Crippen LogP contribution in [0.5, 0.6) is 0 Å². The Bertz CT molecular complexity index is 829. The van der Waals surface area contributed by atoms with Crippen LogP contribution in [-0.4, -0.2) is 13.2 Å². The Hall–Kier alpha value is -1.40. The molecule has 0 bridgehead atoms. The quantitative estimate of drug-likeness (QED) is 0.809. The summed E-state index contributed by atoms with van der Waals surface area (Å²) in [5.41, 5.74) is -0.0530. The Kier molecular flexibility index (Phi) is 4.13. The second-order valence-corrected chi connectivity index (χ2v) is 9.22. The molecule has 0 saturated heterocycles. The number of hydrogen-bond donors (Lipinski definition) is 0. The van der Waals surface area contributed by atoms with Crippen molar-refractivity contribution in [2.75, 3.05) is 0 Å². The van der Waals surface area contributed by atoms with Crippen LogP contribution in [0.3, 0.4) is 0 Å². The highest BCUT2D eigenvalue weighted by Crippen LogP contribution is 2.28. The van der Waals surface area contributed by atoms with E-state index in [1.807, 2.05) is 6.07 Å². The van der Waals surface area contributed by atoms with Crippen LogP contribution in [0, 0.1) is 0 Å². The molecule has 0 unspecified atom stereocenters. The zero-order valence-electron chi connectivity index (χ0n) is 11.9. The summed E-state index contributed by atoms with van der Waals surface area (Å²) in [7, 11) is -3.61. The first kappa shape index (κ1) is 16.0.